The molecule has 22 heavy (non-hydrogen) atoms. The number of benzene rings is 1. The summed E-state index contributed by atoms with van der Waals surface area (Å²) in [6.45, 7) is 6.19. The second-order valence-corrected chi connectivity index (χ2v) is 6.45. The van der Waals surface area contributed by atoms with Crippen molar-refractivity contribution >= 4 is 5.91 Å². The fourth-order valence-corrected chi connectivity index (χ4v) is 3.07. The van der Waals surface area contributed by atoms with E-state index in [-0.39, 0.29) is 18.1 Å². The third kappa shape index (κ3) is 4.31. The van der Waals surface area contributed by atoms with E-state index in [0.717, 1.165) is 31.5 Å². The van der Waals surface area contributed by atoms with Crippen LogP contribution in [-0.4, -0.2) is 53.6 Å². The maximum Gasteiger partial charge on any atom is 0.236 e. The lowest BCUT2D eigenvalue weighted by Crippen LogP contribution is -2.44. The summed E-state index contributed by atoms with van der Waals surface area (Å²) in [4.78, 5) is 16.5. The van der Waals surface area contributed by atoms with Crippen LogP contribution < -0.4 is 0 Å². The van der Waals surface area contributed by atoms with Crippen molar-refractivity contribution in [1.29, 1.82) is 0 Å². The van der Waals surface area contributed by atoms with Gasteiger partial charge in [-0.25, -0.2) is 0 Å². The first kappa shape index (κ1) is 17.0. The molecule has 0 saturated carbocycles. The van der Waals surface area contributed by atoms with Crippen molar-refractivity contribution < 1.29 is 9.90 Å². The van der Waals surface area contributed by atoms with E-state index in [9.17, 15) is 9.90 Å². The zero-order chi connectivity index (χ0) is 16.1. The van der Waals surface area contributed by atoms with Crippen molar-refractivity contribution in [2.75, 3.05) is 26.7 Å². The summed E-state index contributed by atoms with van der Waals surface area (Å²) in [6, 6.07) is 10.2. The van der Waals surface area contributed by atoms with E-state index in [0.29, 0.717) is 12.5 Å². The van der Waals surface area contributed by atoms with Crippen LogP contribution in [0.5, 0.6) is 0 Å². The Hall–Kier alpha value is -1.39. The molecule has 122 valence electrons. The SMILES string of the molecule is CC(O)C1CCN(CC(=O)N(C)C(C)c2ccccc2)CC1. The lowest BCUT2D eigenvalue weighted by molar-refractivity contribution is -0.133. The number of aliphatic hydroxyl groups is 1. The molecular formula is C18H28N2O2. The Balaban J connectivity index is 1.84. The lowest BCUT2D eigenvalue weighted by atomic mass is 9.92. The third-order valence-corrected chi connectivity index (χ3v) is 4.93. The van der Waals surface area contributed by atoms with Gasteiger partial charge in [0.15, 0.2) is 0 Å². The van der Waals surface area contributed by atoms with Crippen LogP contribution >= 0.6 is 0 Å². The van der Waals surface area contributed by atoms with Crippen LogP contribution in [0.3, 0.4) is 0 Å². The summed E-state index contributed by atoms with van der Waals surface area (Å²) >= 11 is 0. The molecule has 1 saturated heterocycles. The van der Waals surface area contributed by atoms with E-state index in [4.69, 9.17) is 0 Å². The molecule has 0 bridgehead atoms. The highest BCUT2D eigenvalue weighted by molar-refractivity contribution is 5.78. The largest absolute Gasteiger partial charge is 0.393 e. The molecule has 2 rings (SSSR count). The van der Waals surface area contributed by atoms with Crippen molar-refractivity contribution in [2.45, 2.75) is 38.8 Å². The van der Waals surface area contributed by atoms with E-state index in [1.54, 1.807) is 0 Å². The average molecular weight is 304 g/mol. The first-order valence-electron chi connectivity index (χ1n) is 8.20. The number of aliphatic hydroxyl groups excluding tert-OH is 1. The summed E-state index contributed by atoms with van der Waals surface area (Å²) < 4.78 is 0. The standard InChI is InChI=1S/C18H28N2O2/c1-14(16-7-5-4-6-8-16)19(3)18(22)13-20-11-9-17(10-12-20)15(2)21/h4-8,14-15,17,21H,9-13H2,1-3H3. The fourth-order valence-electron chi connectivity index (χ4n) is 3.07. The molecule has 0 spiro atoms. The molecule has 1 aliphatic heterocycles. The Labute approximate surface area is 133 Å². The highest BCUT2D eigenvalue weighted by Gasteiger charge is 2.25. The van der Waals surface area contributed by atoms with Gasteiger partial charge >= 0.3 is 0 Å². The van der Waals surface area contributed by atoms with Crippen molar-refractivity contribution in [1.82, 2.24) is 9.80 Å². The van der Waals surface area contributed by atoms with Gasteiger partial charge in [-0.05, 0) is 51.3 Å². The van der Waals surface area contributed by atoms with Crippen LogP contribution in [0.4, 0.5) is 0 Å². The number of carbonyl (C=O) groups is 1. The molecule has 1 N–H and O–H groups in total. The van der Waals surface area contributed by atoms with E-state index in [1.807, 2.05) is 37.1 Å². The van der Waals surface area contributed by atoms with Crippen LogP contribution in [0.25, 0.3) is 0 Å². The van der Waals surface area contributed by atoms with Crippen LogP contribution in [0.15, 0.2) is 30.3 Å². The van der Waals surface area contributed by atoms with Gasteiger partial charge in [-0.3, -0.25) is 9.69 Å². The second kappa shape index (κ2) is 7.75. The first-order chi connectivity index (χ1) is 10.5. The molecule has 1 aromatic rings. The molecule has 4 nitrogen and oxygen atoms in total. The van der Waals surface area contributed by atoms with E-state index in [1.165, 1.54) is 0 Å². The van der Waals surface area contributed by atoms with Gasteiger partial charge in [0.05, 0.1) is 18.7 Å². The highest BCUT2D eigenvalue weighted by atomic mass is 16.3. The number of piperidine rings is 1. The lowest BCUT2D eigenvalue weighted by Gasteiger charge is -2.34. The predicted molar refractivity (Wildman–Crippen MR) is 88.5 cm³/mol. The van der Waals surface area contributed by atoms with Gasteiger partial charge < -0.3 is 10.0 Å². The zero-order valence-electron chi connectivity index (χ0n) is 13.9. The normalized spacial score (nSPS) is 19.6. The number of nitrogens with zero attached hydrogens (tertiary/aromatic N) is 2. The molecular weight excluding hydrogens is 276 g/mol. The van der Waals surface area contributed by atoms with Crippen molar-refractivity contribution in [3.05, 3.63) is 35.9 Å². The van der Waals surface area contributed by atoms with Crippen molar-refractivity contribution in [3.63, 3.8) is 0 Å². The van der Waals surface area contributed by atoms with Crippen LogP contribution in [0.1, 0.15) is 38.3 Å². The van der Waals surface area contributed by atoms with Gasteiger partial charge in [-0.1, -0.05) is 30.3 Å². The molecule has 1 aromatic carbocycles. The topological polar surface area (TPSA) is 43.8 Å². The molecule has 1 fully saturated rings. The third-order valence-electron chi connectivity index (χ3n) is 4.93. The number of hydrogen-bond acceptors (Lipinski definition) is 3. The zero-order valence-corrected chi connectivity index (χ0v) is 13.9. The molecule has 1 amide bonds. The Kier molecular flexibility index (Phi) is 5.98. The van der Waals surface area contributed by atoms with Crippen LogP contribution in [0, 0.1) is 5.92 Å². The van der Waals surface area contributed by atoms with Crippen LogP contribution in [0.2, 0.25) is 0 Å². The summed E-state index contributed by atoms with van der Waals surface area (Å²) in [6.07, 6.45) is 1.71. The average Bonchev–Trinajstić information content (AvgIpc) is 2.54. The first-order valence-corrected chi connectivity index (χ1v) is 8.20. The minimum atomic E-state index is -0.237. The molecule has 2 unspecified atom stereocenters. The van der Waals surface area contributed by atoms with Gasteiger partial charge in [-0.15, -0.1) is 0 Å². The van der Waals surface area contributed by atoms with Gasteiger partial charge in [0.25, 0.3) is 0 Å². The Morgan fingerprint density at radius 1 is 1.27 bits per heavy atom. The fraction of sp³-hybridized carbons (Fsp3) is 0.611. The number of carbonyl (C=O) groups excluding carboxylic acids is 1. The molecule has 1 heterocycles. The Bertz CT molecular complexity index is 467. The molecule has 0 aliphatic carbocycles. The number of hydrogen-bond donors (Lipinski definition) is 1. The van der Waals surface area contributed by atoms with Crippen molar-refractivity contribution in [3.8, 4) is 0 Å². The van der Waals surface area contributed by atoms with Crippen LogP contribution in [-0.2, 0) is 4.79 Å². The maximum atomic E-state index is 12.5. The molecule has 1 aliphatic rings. The summed E-state index contributed by atoms with van der Waals surface area (Å²) in [5, 5.41) is 9.64. The Morgan fingerprint density at radius 3 is 2.41 bits per heavy atom. The van der Waals surface area contributed by atoms with Gasteiger partial charge in [-0.2, -0.15) is 0 Å². The van der Waals surface area contributed by atoms with E-state index >= 15 is 0 Å². The number of likely N-dealkylation sites (tertiary alicyclic amines) is 1. The van der Waals surface area contributed by atoms with Gasteiger partial charge in [0, 0.05) is 7.05 Å². The molecule has 0 radical (unpaired) electrons. The van der Waals surface area contributed by atoms with Gasteiger partial charge in [0.1, 0.15) is 0 Å². The maximum absolute atomic E-state index is 12.5. The second-order valence-electron chi connectivity index (χ2n) is 6.45. The molecule has 0 aromatic heterocycles. The number of rotatable bonds is 5. The number of likely N-dealkylation sites (N-methyl/N-ethyl adjacent to an activating group) is 1. The highest BCUT2D eigenvalue weighted by Crippen LogP contribution is 2.22. The van der Waals surface area contributed by atoms with Crippen molar-refractivity contribution in [2.24, 2.45) is 5.92 Å². The smallest absolute Gasteiger partial charge is 0.236 e. The monoisotopic (exact) mass is 304 g/mol. The molecule has 4 heteroatoms. The number of amides is 1. The molecule has 2 atom stereocenters. The summed E-state index contributed by atoms with van der Waals surface area (Å²) in [5.41, 5.74) is 1.16. The summed E-state index contributed by atoms with van der Waals surface area (Å²) in [7, 11) is 1.88. The predicted octanol–water partition coefficient (Wildman–Crippen LogP) is 2.30. The van der Waals surface area contributed by atoms with E-state index < -0.39 is 0 Å². The quantitative estimate of drug-likeness (QED) is 0.908. The minimum Gasteiger partial charge on any atom is -0.393 e. The van der Waals surface area contributed by atoms with E-state index in [2.05, 4.69) is 24.0 Å². The summed E-state index contributed by atoms with van der Waals surface area (Å²) in [5.74, 6) is 0.541. The van der Waals surface area contributed by atoms with Gasteiger partial charge in [0.2, 0.25) is 5.91 Å². The minimum absolute atomic E-state index is 0.0868. The Morgan fingerprint density at radius 2 is 1.86 bits per heavy atom.